The fourth-order valence-electron chi connectivity index (χ4n) is 1.28. The molecule has 1 aromatic rings. The lowest BCUT2D eigenvalue weighted by Crippen LogP contribution is -2.09. The van der Waals surface area contributed by atoms with Gasteiger partial charge in [0.25, 0.3) is 5.69 Å². The summed E-state index contributed by atoms with van der Waals surface area (Å²) in [6, 6.07) is 5.51. The molecule has 92 valence electrons. The molecule has 1 N–H and O–H groups in total. The van der Waals surface area contributed by atoms with Gasteiger partial charge in [0.2, 0.25) is 5.91 Å². The van der Waals surface area contributed by atoms with Gasteiger partial charge in [0.05, 0.1) is 16.2 Å². The molecule has 0 aliphatic heterocycles. The maximum Gasteiger partial charge on any atom is 0.270 e. The van der Waals surface area contributed by atoms with Crippen molar-refractivity contribution >= 4 is 17.3 Å². The number of carbonyl (C=O) groups excluding carboxylic acids is 1. The number of hydrogen-bond donors (Lipinski definition) is 1. The van der Waals surface area contributed by atoms with Crippen LogP contribution >= 0.6 is 0 Å². The third-order valence-electron chi connectivity index (χ3n) is 2.01. The molecular weight excluding hydrogens is 234 g/mol. The van der Waals surface area contributed by atoms with E-state index in [9.17, 15) is 14.9 Å². The van der Waals surface area contributed by atoms with Gasteiger partial charge in [-0.2, -0.15) is 5.26 Å². The Morgan fingerprint density at radius 3 is 2.67 bits per heavy atom. The van der Waals surface area contributed by atoms with E-state index < -0.39 is 4.92 Å². The molecule has 0 saturated carbocycles. The second-order valence-corrected chi connectivity index (χ2v) is 3.81. The second kappa shape index (κ2) is 5.59. The highest BCUT2D eigenvalue weighted by Crippen LogP contribution is 2.21. The predicted octanol–water partition coefficient (Wildman–Crippen LogP) is 2.37. The molecule has 1 aromatic carbocycles. The van der Waals surface area contributed by atoms with Gasteiger partial charge in [-0.15, -0.1) is 0 Å². The molecule has 0 saturated heterocycles. The average Bonchev–Trinajstić information content (AvgIpc) is 2.27. The zero-order chi connectivity index (χ0) is 13.7. The fraction of sp³-hybridized carbons (Fsp3) is 0.167. The van der Waals surface area contributed by atoms with Crippen molar-refractivity contribution in [2.24, 2.45) is 0 Å². The van der Waals surface area contributed by atoms with Gasteiger partial charge in [-0.3, -0.25) is 14.9 Å². The van der Waals surface area contributed by atoms with Crippen molar-refractivity contribution in [2.75, 3.05) is 5.32 Å². The summed E-state index contributed by atoms with van der Waals surface area (Å²) in [5, 5.41) is 21.9. The number of hydrogen-bond acceptors (Lipinski definition) is 4. The molecular formula is C12H11N3O3. The highest BCUT2D eigenvalue weighted by Gasteiger charge is 2.11. The van der Waals surface area contributed by atoms with Crippen LogP contribution in [0.1, 0.15) is 19.4 Å². The van der Waals surface area contributed by atoms with Gasteiger partial charge in [0.15, 0.2) is 0 Å². The van der Waals surface area contributed by atoms with Crippen molar-refractivity contribution in [3.8, 4) is 6.07 Å². The number of nitrogens with one attached hydrogen (secondary N) is 1. The summed E-state index contributed by atoms with van der Waals surface area (Å²) in [7, 11) is 0. The average molecular weight is 245 g/mol. The zero-order valence-electron chi connectivity index (χ0n) is 9.93. The van der Waals surface area contributed by atoms with E-state index in [1.165, 1.54) is 18.2 Å². The number of nitro groups is 1. The van der Waals surface area contributed by atoms with Crippen molar-refractivity contribution in [1.29, 1.82) is 5.26 Å². The standard InChI is InChI=1S/C12H11N3O3/c1-8(2)5-12(16)14-11-4-3-10(15(17)18)6-9(11)7-13/h3-6H,1-2H3,(H,14,16). The minimum Gasteiger partial charge on any atom is -0.321 e. The number of nitro benzene ring substituents is 1. The number of carbonyl (C=O) groups is 1. The van der Waals surface area contributed by atoms with Gasteiger partial charge in [0, 0.05) is 18.2 Å². The van der Waals surface area contributed by atoms with Gasteiger partial charge in [-0.05, 0) is 19.9 Å². The van der Waals surface area contributed by atoms with Crippen LogP contribution < -0.4 is 5.32 Å². The maximum atomic E-state index is 11.5. The second-order valence-electron chi connectivity index (χ2n) is 3.81. The van der Waals surface area contributed by atoms with E-state index in [-0.39, 0.29) is 22.8 Å². The van der Waals surface area contributed by atoms with Crippen LogP contribution in [0, 0.1) is 21.4 Å². The van der Waals surface area contributed by atoms with Crippen molar-refractivity contribution in [3.05, 3.63) is 45.5 Å². The number of non-ortho nitro benzene ring substituents is 1. The molecule has 0 fully saturated rings. The highest BCUT2D eigenvalue weighted by molar-refractivity contribution is 6.00. The lowest BCUT2D eigenvalue weighted by molar-refractivity contribution is -0.384. The Bertz CT molecular complexity index is 566. The summed E-state index contributed by atoms with van der Waals surface area (Å²) in [6.45, 7) is 3.53. The number of allylic oxidation sites excluding steroid dienone is 1. The predicted molar refractivity (Wildman–Crippen MR) is 65.9 cm³/mol. The van der Waals surface area contributed by atoms with Crippen LogP contribution in [-0.4, -0.2) is 10.8 Å². The molecule has 0 spiro atoms. The summed E-state index contributed by atoms with van der Waals surface area (Å²) < 4.78 is 0. The smallest absolute Gasteiger partial charge is 0.270 e. The van der Waals surface area contributed by atoms with Crippen LogP contribution in [0.3, 0.4) is 0 Å². The van der Waals surface area contributed by atoms with Gasteiger partial charge in [0.1, 0.15) is 6.07 Å². The Labute approximate surface area is 104 Å². The first-order valence-corrected chi connectivity index (χ1v) is 5.08. The SMILES string of the molecule is CC(C)=CC(=O)Nc1ccc([N+](=O)[O-])cc1C#N. The normalized spacial score (nSPS) is 9.17. The number of nitriles is 1. The van der Waals surface area contributed by atoms with Crippen LogP contribution in [0.2, 0.25) is 0 Å². The molecule has 0 aliphatic rings. The first-order chi connectivity index (χ1) is 8.43. The van der Waals surface area contributed by atoms with E-state index >= 15 is 0 Å². The van der Waals surface area contributed by atoms with Gasteiger partial charge >= 0.3 is 0 Å². The van der Waals surface area contributed by atoms with Crippen molar-refractivity contribution < 1.29 is 9.72 Å². The Kier molecular flexibility index (Phi) is 4.16. The summed E-state index contributed by atoms with van der Waals surface area (Å²) in [4.78, 5) is 21.4. The molecule has 0 aliphatic carbocycles. The molecule has 0 radical (unpaired) electrons. The molecule has 0 unspecified atom stereocenters. The molecule has 6 heteroatoms. The molecule has 6 nitrogen and oxygen atoms in total. The summed E-state index contributed by atoms with van der Waals surface area (Å²) in [6.07, 6.45) is 1.38. The quantitative estimate of drug-likeness (QED) is 0.502. The van der Waals surface area contributed by atoms with Crippen LogP contribution in [0.15, 0.2) is 29.8 Å². The van der Waals surface area contributed by atoms with Crippen LogP contribution in [0.5, 0.6) is 0 Å². The van der Waals surface area contributed by atoms with Gasteiger partial charge < -0.3 is 5.32 Å². The van der Waals surface area contributed by atoms with E-state index in [4.69, 9.17) is 5.26 Å². The Morgan fingerprint density at radius 2 is 2.17 bits per heavy atom. The van der Waals surface area contributed by atoms with Crippen LogP contribution in [0.25, 0.3) is 0 Å². The van der Waals surface area contributed by atoms with E-state index in [0.29, 0.717) is 0 Å². The molecule has 0 aromatic heterocycles. The first-order valence-electron chi connectivity index (χ1n) is 5.08. The minimum absolute atomic E-state index is 0.0553. The van der Waals surface area contributed by atoms with E-state index in [1.807, 2.05) is 6.07 Å². The van der Waals surface area contributed by atoms with E-state index in [0.717, 1.165) is 11.6 Å². The van der Waals surface area contributed by atoms with E-state index in [2.05, 4.69) is 5.32 Å². The lowest BCUT2D eigenvalue weighted by atomic mass is 10.1. The topological polar surface area (TPSA) is 96.0 Å². The van der Waals surface area contributed by atoms with Crippen molar-refractivity contribution in [3.63, 3.8) is 0 Å². The molecule has 18 heavy (non-hydrogen) atoms. The Hall–Kier alpha value is -2.68. The molecule has 0 atom stereocenters. The molecule has 0 heterocycles. The third-order valence-corrected chi connectivity index (χ3v) is 2.01. The summed E-state index contributed by atoms with van der Waals surface area (Å²) in [5.74, 6) is -0.375. The van der Waals surface area contributed by atoms with Crippen LogP contribution in [-0.2, 0) is 4.79 Å². The number of rotatable bonds is 3. The number of amides is 1. The van der Waals surface area contributed by atoms with Gasteiger partial charge in [-0.25, -0.2) is 0 Å². The monoisotopic (exact) mass is 245 g/mol. The van der Waals surface area contributed by atoms with Crippen molar-refractivity contribution in [2.45, 2.75) is 13.8 Å². The summed E-state index contributed by atoms with van der Waals surface area (Å²) >= 11 is 0. The largest absolute Gasteiger partial charge is 0.321 e. The van der Waals surface area contributed by atoms with Crippen LogP contribution in [0.4, 0.5) is 11.4 Å². The maximum absolute atomic E-state index is 11.5. The van der Waals surface area contributed by atoms with Gasteiger partial charge in [-0.1, -0.05) is 5.57 Å². The Balaban J connectivity index is 3.05. The van der Waals surface area contributed by atoms with Crippen molar-refractivity contribution in [1.82, 2.24) is 0 Å². The summed E-state index contributed by atoms with van der Waals surface area (Å²) in [5.41, 5.74) is 0.935. The number of anilines is 1. The zero-order valence-corrected chi connectivity index (χ0v) is 9.93. The Morgan fingerprint density at radius 1 is 1.50 bits per heavy atom. The number of nitrogens with zero attached hydrogens (tertiary/aromatic N) is 2. The molecule has 1 amide bonds. The number of benzene rings is 1. The lowest BCUT2D eigenvalue weighted by Gasteiger charge is -2.04. The first kappa shape index (κ1) is 13.4. The highest BCUT2D eigenvalue weighted by atomic mass is 16.6. The van der Waals surface area contributed by atoms with E-state index in [1.54, 1.807) is 13.8 Å². The fourth-order valence-corrected chi connectivity index (χ4v) is 1.28. The molecule has 0 bridgehead atoms. The minimum atomic E-state index is -0.595. The third kappa shape index (κ3) is 3.42. The molecule has 1 rings (SSSR count).